The van der Waals surface area contributed by atoms with Gasteiger partial charge in [0.15, 0.2) is 5.78 Å². The Hall–Kier alpha value is -2.68. The maximum Gasteiger partial charge on any atom is 0.333 e. The number of hydrogen-bond donors (Lipinski definition) is 0. The highest BCUT2D eigenvalue weighted by Gasteiger charge is 2.09. The standard InChI is InChI=1S/C20H20O3/c1-3-13-23-20(22)15(2)14-16-9-11-18(12-10-16)19(21)17-7-5-4-6-8-17/h4-12,14H,3,13H2,1-2H3/b15-14+. The highest BCUT2D eigenvalue weighted by atomic mass is 16.5. The fourth-order valence-electron chi connectivity index (χ4n) is 2.10. The quantitative estimate of drug-likeness (QED) is 0.454. The Bertz CT molecular complexity index is 697. The maximum atomic E-state index is 12.3. The van der Waals surface area contributed by atoms with E-state index < -0.39 is 0 Å². The van der Waals surface area contributed by atoms with E-state index >= 15 is 0 Å². The van der Waals surface area contributed by atoms with Crippen LogP contribution in [0.4, 0.5) is 0 Å². The summed E-state index contributed by atoms with van der Waals surface area (Å²) in [5.41, 5.74) is 2.69. The van der Waals surface area contributed by atoms with Crippen LogP contribution in [0.15, 0.2) is 60.2 Å². The molecule has 0 radical (unpaired) electrons. The van der Waals surface area contributed by atoms with Crippen LogP contribution in [-0.4, -0.2) is 18.4 Å². The van der Waals surface area contributed by atoms with Crippen molar-refractivity contribution < 1.29 is 14.3 Å². The first-order valence-electron chi connectivity index (χ1n) is 7.67. The van der Waals surface area contributed by atoms with Gasteiger partial charge in [-0.3, -0.25) is 4.79 Å². The van der Waals surface area contributed by atoms with Gasteiger partial charge in [-0.05, 0) is 25.0 Å². The molecule has 0 unspecified atom stereocenters. The van der Waals surface area contributed by atoms with Gasteiger partial charge in [-0.1, -0.05) is 61.5 Å². The minimum Gasteiger partial charge on any atom is -0.462 e. The molecule has 2 aromatic carbocycles. The van der Waals surface area contributed by atoms with Crippen LogP contribution in [0.5, 0.6) is 0 Å². The summed E-state index contributed by atoms with van der Waals surface area (Å²) < 4.78 is 5.08. The fourth-order valence-corrected chi connectivity index (χ4v) is 2.10. The molecule has 0 saturated heterocycles. The molecule has 2 rings (SSSR count). The Balaban J connectivity index is 2.10. The van der Waals surface area contributed by atoms with Crippen LogP contribution >= 0.6 is 0 Å². The van der Waals surface area contributed by atoms with E-state index in [2.05, 4.69) is 0 Å². The summed E-state index contributed by atoms with van der Waals surface area (Å²) in [6.07, 6.45) is 2.56. The van der Waals surface area contributed by atoms with E-state index in [-0.39, 0.29) is 11.8 Å². The third-order valence-corrected chi connectivity index (χ3v) is 3.35. The highest BCUT2D eigenvalue weighted by molar-refractivity contribution is 6.09. The molecule has 0 bridgehead atoms. The van der Waals surface area contributed by atoms with Crippen LogP contribution in [0.3, 0.4) is 0 Å². The lowest BCUT2D eigenvalue weighted by Crippen LogP contribution is -2.06. The minimum absolute atomic E-state index is 0.0137. The molecule has 0 fully saturated rings. The van der Waals surface area contributed by atoms with Gasteiger partial charge in [-0.2, -0.15) is 0 Å². The molecular weight excluding hydrogens is 288 g/mol. The van der Waals surface area contributed by atoms with Gasteiger partial charge in [-0.15, -0.1) is 0 Å². The summed E-state index contributed by atoms with van der Waals surface area (Å²) in [6, 6.07) is 16.3. The molecule has 0 saturated carbocycles. The lowest BCUT2D eigenvalue weighted by molar-refractivity contribution is -0.138. The van der Waals surface area contributed by atoms with Crippen molar-refractivity contribution in [1.82, 2.24) is 0 Å². The van der Waals surface area contributed by atoms with Crippen LogP contribution in [0, 0.1) is 0 Å². The SMILES string of the molecule is CCCOC(=O)/C(C)=C/c1ccc(C(=O)c2ccccc2)cc1. The third kappa shape index (κ3) is 4.65. The van der Waals surface area contributed by atoms with Crippen molar-refractivity contribution in [1.29, 1.82) is 0 Å². The average Bonchev–Trinajstić information content (AvgIpc) is 2.60. The summed E-state index contributed by atoms with van der Waals surface area (Å²) in [5.74, 6) is -0.323. The van der Waals surface area contributed by atoms with Gasteiger partial charge >= 0.3 is 5.97 Å². The Kier molecular flexibility index (Phi) is 5.87. The number of benzene rings is 2. The second kappa shape index (κ2) is 8.08. The molecule has 0 spiro atoms. The zero-order valence-electron chi connectivity index (χ0n) is 13.4. The van der Waals surface area contributed by atoms with Crippen LogP contribution in [0.1, 0.15) is 41.8 Å². The topological polar surface area (TPSA) is 43.4 Å². The molecule has 0 aliphatic heterocycles. The third-order valence-electron chi connectivity index (χ3n) is 3.35. The molecule has 0 atom stereocenters. The van der Waals surface area contributed by atoms with Crippen LogP contribution in [-0.2, 0) is 9.53 Å². The molecule has 0 amide bonds. The number of rotatable bonds is 6. The Morgan fingerprint density at radius 1 is 0.957 bits per heavy atom. The molecule has 2 aromatic rings. The van der Waals surface area contributed by atoms with E-state index in [9.17, 15) is 9.59 Å². The van der Waals surface area contributed by atoms with Crippen molar-refractivity contribution in [2.24, 2.45) is 0 Å². The van der Waals surface area contributed by atoms with Crippen molar-refractivity contribution in [2.75, 3.05) is 6.61 Å². The van der Waals surface area contributed by atoms with Gasteiger partial charge in [0.25, 0.3) is 0 Å². The molecule has 3 heteroatoms. The van der Waals surface area contributed by atoms with Crippen molar-refractivity contribution >= 4 is 17.8 Å². The Morgan fingerprint density at radius 3 is 2.17 bits per heavy atom. The first kappa shape index (κ1) is 16.7. The van der Waals surface area contributed by atoms with Crippen LogP contribution < -0.4 is 0 Å². The summed E-state index contributed by atoms with van der Waals surface area (Å²) >= 11 is 0. The first-order valence-corrected chi connectivity index (χ1v) is 7.67. The normalized spacial score (nSPS) is 11.1. The van der Waals surface area contributed by atoms with Crippen molar-refractivity contribution in [3.63, 3.8) is 0 Å². The highest BCUT2D eigenvalue weighted by Crippen LogP contribution is 2.13. The summed E-state index contributed by atoms with van der Waals surface area (Å²) in [4.78, 5) is 24.0. The van der Waals surface area contributed by atoms with E-state index in [0.29, 0.717) is 23.3 Å². The van der Waals surface area contributed by atoms with Crippen molar-refractivity contribution in [2.45, 2.75) is 20.3 Å². The molecule has 23 heavy (non-hydrogen) atoms. The van der Waals surface area contributed by atoms with E-state index in [1.54, 1.807) is 37.3 Å². The van der Waals surface area contributed by atoms with Crippen LogP contribution in [0.2, 0.25) is 0 Å². The van der Waals surface area contributed by atoms with Gasteiger partial charge < -0.3 is 4.74 Å². The van der Waals surface area contributed by atoms with Gasteiger partial charge in [0, 0.05) is 16.7 Å². The van der Waals surface area contributed by atoms with Gasteiger partial charge in [-0.25, -0.2) is 4.79 Å². The van der Waals surface area contributed by atoms with Crippen LogP contribution in [0.25, 0.3) is 6.08 Å². The van der Waals surface area contributed by atoms with E-state index in [1.807, 2.05) is 37.3 Å². The molecule has 0 aliphatic carbocycles. The number of carbonyl (C=O) groups excluding carboxylic acids is 2. The van der Waals surface area contributed by atoms with E-state index in [4.69, 9.17) is 4.74 Å². The van der Waals surface area contributed by atoms with E-state index in [0.717, 1.165) is 12.0 Å². The molecule has 3 nitrogen and oxygen atoms in total. The second-order valence-electron chi connectivity index (χ2n) is 5.28. The average molecular weight is 308 g/mol. The van der Waals surface area contributed by atoms with Gasteiger partial charge in [0.05, 0.1) is 6.61 Å². The van der Waals surface area contributed by atoms with Crippen molar-refractivity contribution in [3.8, 4) is 0 Å². The zero-order chi connectivity index (χ0) is 16.7. The molecule has 0 aromatic heterocycles. The molecular formula is C20H20O3. The molecule has 0 aliphatic rings. The second-order valence-corrected chi connectivity index (χ2v) is 5.28. The molecule has 0 heterocycles. The smallest absolute Gasteiger partial charge is 0.333 e. The Labute approximate surface area is 136 Å². The largest absolute Gasteiger partial charge is 0.462 e. The summed E-state index contributed by atoms with van der Waals surface area (Å²) in [7, 11) is 0. The number of ether oxygens (including phenoxy) is 1. The van der Waals surface area contributed by atoms with E-state index in [1.165, 1.54) is 0 Å². The molecule has 0 N–H and O–H groups in total. The molecule has 118 valence electrons. The predicted octanol–water partition coefficient (Wildman–Crippen LogP) is 4.27. The van der Waals surface area contributed by atoms with Crippen molar-refractivity contribution in [3.05, 3.63) is 76.9 Å². The first-order chi connectivity index (χ1) is 11.1. The zero-order valence-corrected chi connectivity index (χ0v) is 13.4. The summed E-state index contributed by atoms with van der Waals surface area (Å²) in [6.45, 7) is 4.10. The number of hydrogen-bond acceptors (Lipinski definition) is 3. The number of carbonyl (C=O) groups is 2. The maximum absolute atomic E-state index is 12.3. The minimum atomic E-state index is -0.309. The van der Waals surface area contributed by atoms with Gasteiger partial charge in [0.2, 0.25) is 0 Å². The fraction of sp³-hybridized carbons (Fsp3) is 0.200. The predicted molar refractivity (Wildman–Crippen MR) is 91.2 cm³/mol. The monoisotopic (exact) mass is 308 g/mol. The number of esters is 1. The summed E-state index contributed by atoms with van der Waals surface area (Å²) in [5, 5.41) is 0. The number of ketones is 1. The Morgan fingerprint density at radius 2 is 1.57 bits per heavy atom. The lowest BCUT2D eigenvalue weighted by atomic mass is 10.0. The van der Waals surface area contributed by atoms with Gasteiger partial charge in [0.1, 0.15) is 0 Å². The lowest BCUT2D eigenvalue weighted by Gasteiger charge is -2.04.